The van der Waals surface area contributed by atoms with Gasteiger partial charge in [0.2, 0.25) is 0 Å². The standard InChI is InChI=1S/C31H30ClFO6/c1-35-17-28(36-2)30(37-3)20-11-21(33)14-22(12-20)38-15-18-8-9-23-19(10-18)13-25-26(16-39-31(25)34)29(23)24-6-4-5-7-27(24)32/h4-9,11-12,14-15,25,28,30H,10,13,16-17H2,1-3H3/t25?,28-,30+/m1/s1. The van der Waals surface area contributed by atoms with E-state index >= 15 is 0 Å². The molecule has 5 rings (SSSR count). The molecule has 2 aliphatic carbocycles. The van der Waals surface area contributed by atoms with Crippen LogP contribution in [0.3, 0.4) is 0 Å². The van der Waals surface area contributed by atoms with Crippen LogP contribution >= 0.6 is 11.6 Å². The lowest BCUT2D eigenvalue weighted by molar-refractivity contribution is -0.141. The van der Waals surface area contributed by atoms with Gasteiger partial charge in [-0.2, -0.15) is 0 Å². The van der Waals surface area contributed by atoms with Gasteiger partial charge in [0.05, 0.1) is 18.8 Å². The Kier molecular flexibility index (Phi) is 8.33. The van der Waals surface area contributed by atoms with Gasteiger partial charge in [-0.15, -0.1) is 0 Å². The third-order valence-corrected chi connectivity index (χ3v) is 7.65. The van der Waals surface area contributed by atoms with Gasteiger partial charge in [0.1, 0.15) is 30.4 Å². The normalized spacial score (nSPS) is 21.1. The summed E-state index contributed by atoms with van der Waals surface area (Å²) in [5, 5.41) is 0.627. The molecule has 1 heterocycles. The summed E-state index contributed by atoms with van der Waals surface area (Å²) in [6.45, 7) is 0.564. The number of fused-ring (bicyclic) bond motifs is 1. The highest BCUT2D eigenvalue weighted by Gasteiger charge is 2.40. The number of methoxy groups -OCH3 is 3. The van der Waals surface area contributed by atoms with E-state index in [0.717, 1.165) is 33.4 Å². The van der Waals surface area contributed by atoms with E-state index in [0.29, 0.717) is 29.2 Å². The number of esters is 1. The summed E-state index contributed by atoms with van der Waals surface area (Å²) in [7, 11) is 4.67. The Hall–Kier alpha value is -3.23. The van der Waals surface area contributed by atoms with E-state index in [1.54, 1.807) is 33.7 Å². The van der Waals surface area contributed by atoms with E-state index in [1.165, 1.54) is 12.1 Å². The van der Waals surface area contributed by atoms with E-state index in [-0.39, 0.29) is 25.1 Å². The van der Waals surface area contributed by atoms with Crippen LogP contribution < -0.4 is 4.74 Å². The molecule has 8 heteroatoms. The van der Waals surface area contributed by atoms with Crippen molar-refractivity contribution in [2.75, 3.05) is 34.5 Å². The van der Waals surface area contributed by atoms with Gasteiger partial charge >= 0.3 is 5.97 Å². The molecule has 1 aliphatic heterocycles. The number of rotatable bonds is 9. The van der Waals surface area contributed by atoms with Gasteiger partial charge in [-0.3, -0.25) is 4.79 Å². The summed E-state index contributed by atoms with van der Waals surface area (Å²) in [5.74, 6) is -0.642. The van der Waals surface area contributed by atoms with Gasteiger partial charge in [0, 0.05) is 38.0 Å². The van der Waals surface area contributed by atoms with Crippen molar-refractivity contribution in [2.45, 2.75) is 25.0 Å². The van der Waals surface area contributed by atoms with Gasteiger partial charge in [-0.25, -0.2) is 4.39 Å². The number of carbonyl (C=O) groups is 1. The van der Waals surface area contributed by atoms with Crippen LogP contribution in [0.5, 0.6) is 5.75 Å². The van der Waals surface area contributed by atoms with Crippen LogP contribution in [0.1, 0.15) is 30.1 Å². The van der Waals surface area contributed by atoms with Crippen molar-refractivity contribution >= 4 is 23.1 Å². The molecule has 0 saturated carbocycles. The predicted octanol–water partition coefficient (Wildman–Crippen LogP) is 6.38. The second-order valence-corrected chi connectivity index (χ2v) is 10.1. The molecule has 2 aromatic rings. The molecule has 2 aromatic carbocycles. The van der Waals surface area contributed by atoms with Crippen LogP contribution in [-0.2, 0) is 23.7 Å². The number of hydrogen-bond acceptors (Lipinski definition) is 6. The van der Waals surface area contributed by atoms with Gasteiger partial charge in [-0.05, 0) is 58.9 Å². The molecule has 3 atom stereocenters. The molecule has 39 heavy (non-hydrogen) atoms. The largest absolute Gasteiger partial charge is 0.465 e. The SMILES string of the molecule is COC[C@@H](OC)[C@@H](OC)c1cc(F)cc(OC=C2C=CC3=C(C2)CC2C(=O)OCC2=C3c2ccccc2Cl)c1. The zero-order valence-electron chi connectivity index (χ0n) is 22.0. The van der Waals surface area contributed by atoms with Crippen LogP contribution in [0.2, 0.25) is 5.02 Å². The van der Waals surface area contributed by atoms with Gasteiger partial charge in [0.15, 0.2) is 0 Å². The topological polar surface area (TPSA) is 63.2 Å². The third-order valence-electron chi connectivity index (χ3n) is 7.32. The van der Waals surface area contributed by atoms with E-state index in [1.807, 2.05) is 36.4 Å². The first-order valence-corrected chi connectivity index (χ1v) is 13.1. The maximum Gasteiger partial charge on any atom is 0.313 e. The lowest BCUT2D eigenvalue weighted by atomic mass is 9.74. The quantitative estimate of drug-likeness (QED) is 0.266. The average Bonchev–Trinajstić information content (AvgIpc) is 3.30. The summed E-state index contributed by atoms with van der Waals surface area (Å²) in [6.07, 6.45) is 5.83. The molecule has 3 aliphatic rings. The molecule has 0 bridgehead atoms. The maximum atomic E-state index is 14.6. The van der Waals surface area contributed by atoms with Crippen LogP contribution in [-0.4, -0.2) is 46.6 Å². The van der Waals surface area contributed by atoms with Gasteiger partial charge in [-0.1, -0.05) is 47.5 Å². The minimum absolute atomic E-state index is 0.208. The first-order chi connectivity index (χ1) is 18.9. The molecule has 0 aromatic heterocycles. The first kappa shape index (κ1) is 27.3. The number of ether oxygens (including phenoxy) is 5. The number of cyclic esters (lactones) is 1. The number of hydrogen-bond donors (Lipinski definition) is 0. The van der Waals surface area contributed by atoms with Crippen molar-refractivity contribution in [1.82, 2.24) is 0 Å². The zero-order valence-corrected chi connectivity index (χ0v) is 22.8. The third kappa shape index (κ3) is 5.58. The molecule has 0 radical (unpaired) electrons. The second-order valence-electron chi connectivity index (χ2n) is 9.69. The highest BCUT2D eigenvalue weighted by Crippen LogP contribution is 2.48. The Morgan fingerprint density at radius 1 is 1.13 bits per heavy atom. The van der Waals surface area contributed by atoms with Crippen molar-refractivity contribution in [1.29, 1.82) is 0 Å². The maximum absolute atomic E-state index is 14.6. The van der Waals surface area contributed by atoms with E-state index in [9.17, 15) is 9.18 Å². The fourth-order valence-corrected chi connectivity index (χ4v) is 5.72. The molecule has 6 nitrogen and oxygen atoms in total. The van der Waals surface area contributed by atoms with Crippen molar-refractivity contribution in [3.05, 3.63) is 105 Å². The van der Waals surface area contributed by atoms with E-state index in [4.69, 9.17) is 35.3 Å². The Morgan fingerprint density at radius 2 is 1.95 bits per heavy atom. The Labute approximate surface area is 232 Å². The summed E-state index contributed by atoms with van der Waals surface area (Å²) in [6, 6.07) is 12.1. The van der Waals surface area contributed by atoms with Crippen molar-refractivity contribution in [3.8, 4) is 5.75 Å². The summed E-state index contributed by atoms with van der Waals surface area (Å²) in [4.78, 5) is 12.6. The highest BCUT2D eigenvalue weighted by atomic mass is 35.5. The molecular formula is C31H30ClFO6. The van der Waals surface area contributed by atoms with Crippen LogP contribution in [0.4, 0.5) is 4.39 Å². The Morgan fingerprint density at radius 3 is 2.69 bits per heavy atom. The molecule has 0 amide bonds. The average molecular weight is 553 g/mol. The summed E-state index contributed by atoms with van der Waals surface area (Å²) >= 11 is 6.57. The van der Waals surface area contributed by atoms with Gasteiger partial charge < -0.3 is 23.7 Å². The number of halogens is 2. The lowest BCUT2D eigenvalue weighted by Crippen LogP contribution is -2.27. The number of benzene rings is 2. The smallest absolute Gasteiger partial charge is 0.313 e. The fraction of sp³-hybridized carbons (Fsp3) is 0.323. The molecule has 0 spiro atoms. The van der Waals surface area contributed by atoms with Crippen molar-refractivity contribution in [3.63, 3.8) is 0 Å². The van der Waals surface area contributed by atoms with Crippen LogP contribution in [0.15, 0.2) is 83.2 Å². The van der Waals surface area contributed by atoms with Crippen molar-refractivity contribution < 1.29 is 32.9 Å². The van der Waals surface area contributed by atoms with Crippen LogP contribution in [0.25, 0.3) is 5.57 Å². The number of allylic oxidation sites excluding steroid dienone is 6. The Bertz CT molecular complexity index is 1390. The predicted molar refractivity (Wildman–Crippen MR) is 146 cm³/mol. The minimum Gasteiger partial charge on any atom is -0.465 e. The summed E-state index contributed by atoms with van der Waals surface area (Å²) in [5.41, 5.74) is 6.47. The van der Waals surface area contributed by atoms with Crippen LogP contribution in [0, 0.1) is 11.7 Å². The highest BCUT2D eigenvalue weighted by molar-refractivity contribution is 6.32. The second kappa shape index (κ2) is 11.9. The molecule has 1 fully saturated rings. The monoisotopic (exact) mass is 552 g/mol. The molecule has 204 valence electrons. The van der Waals surface area contributed by atoms with Gasteiger partial charge in [0.25, 0.3) is 0 Å². The first-order valence-electron chi connectivity index (χ1n) is 12.7. The number of carbonyl (C=O) groups excluding carboxylic acids is 1. The minimum atomic E-state index is -0.541. The molecule has 1 unspecified atom stereocenters. The van der Waals surface area contributed by atoms with Crippen molar-refractivity contribution in [2.24, 2.45) is 5.92 Å². The van der Waals surface area contributed by atoms with E-state index < -0.39 is 18.0 Å². The lowest BCUT2D eigenvalue weighted by Gasteiger charge is -2.29. The molecule has 0 N–H and O–H groups in total. The Balaban J connectivity index is 1.41. The fourth-order valence-electron chi connectivity index (χ4n) is 5.48. The van der Waals surface area contributed by atoms with E-state index in [2.05, 4.69) is 0 Å². The zero-order chi connectivity index (χ0) is 27.5. The summed E-state index contributed by atoms with van der Waals surface area (Å²) < 4.78 is 42.2. The molecule has 1 saturated heterocycles. The molecular weight excluding hydrogens is 523 g/mol.